The van der Waals surface area contributed by atoms with E-state index >= 15 is 0 Å². The Bertz CT molecular complexity index is 1400. The first kappa shape index (κ1) is 31.0. The Morgan fingerprint density at radius 2 is 1.70 bits per heavy atom. The van der Waals surface area contributed by atoms with E-state index < -0.39 is 16.1 Å². The summed E-state index contributed by atoms with van der Waals surface area (Å²) >= 11 is 1.18. The maximum Gasteiger partial charge on any atom is 0.301 e. The molecule has 11 nitrogen and oxygen atoms in total. The Kier molecular flexibility index (Phi) is 11.0. The third-order valence-corrected chi connectivity index (χ3v) is 8.08. The number of hydrogen-bond acceptors (Lipinski definition) is 9. The highest BCUT2D eigenvalue weighted by Gasteiger charge is 2.25. The van der Waals surface area contributed by atoms with Crippen LogP contribution in [0.1, 0.15) is 48.3 Å². The minimum absolute atomic E-state index is 0.0499. The van der Waals surface area contributed by atoms with E-state index in [1.807, 2.05) is 46.7 Å². The lowest BCUT2D eigenvalue weighted by Gasteiger charge is -2.23. The van der Waals surface area contributed by atoms with Gasteiger partial charge in [-0.3, -0.25) is 9.59 Å². The fourth-order valence-corrected chi connectivity index (χ4v) is 5.52. The van der Waals surface area contributed by atoms with Crippen LogP contribution in [-0.2, 0) is 34.5 Å². The van der Waals surface area contributed by atoms with Gasteiger partial charge in [-0.2, -0.15) is 8.42 Å². The summed E-state index contributed by atoms with van der Waals surface area (Å²) < 4.78 is 43.8. The molecule has 0 bridgehead atoms. The molecular weight excluding hydrogens is 556 g/mol. The monoisotopic (exact) mass is 590 g/mol. The van der Waals surface area contributed by atoms with Gasteiger partial charge in [-0.15, -0.1) is 11.3 Å². The van der Waals surface area contributed by atoms with Gasteiger partial charge in [0, 0.05) is 31.8 Å². The quantitative estimate of drug-likeness (QED) is 0.292. The van der Waals surface area contributed by atoms with Crippen LogP contribution in [0.2, 0.25) is 0 Å². The summed E-state index contributed by atoms with van der Waals surface area (Å²) in [5, 5.41) is 0.457. The molecule has 0 radical (unpaired) electrons. The van der Waals surface area contributed by atoms with E-state index in [9.17, 15) is 18.0 Å². The number of aryl methyl sites for hydroxylation is 1. The van der Waals surface area contributed by atoms with Crippen molar-refractivity contribution in [3.8, 4) is 11.5 Å². The third-order valence-electron chi connectivity index (χ3n) is 6.08. The van der Waals surface area contributed by atoms with Gasteiger partial charge in [-0.05, 0) is 37.5 Å². The van der Waals surface area contributed by atoms with Crippen LogP contribution < -0.4 is 18.9 Å². The zero-order valence-electron chi connectivity index (χ0n) is 23.1. The van der Waals surface area contributed by atoms with Crippen molar-refractivity contribution in [3.05, 3.63) is 74.7 Å². The van der Waals surface area contributed by atoms with Crippen LogP contribution in [0.5, 0.6) is 11.5 Å². The first-order valence-corrected chi connectivity index (χ1v) is 14.7. The third kappa shape index (κ3) is 8.01. The van der Waals surface area contributed by atoms with Gasteiger partial charge >= 0.3 is 10.2 Å². The van der Waals surface area contributed by atoms with Crippen molar-refractivity contribution < 1.29 is 32.2 Å². The van der Waals surface area contributed by atoms with Crippen LogP contribution in [-0.4, -0.2) is 65.0 Å². The smallest absolute Gasteiger partial charge is 0.301 e. The van der Waals surface area contributed by atoms with E-state index in [1.54, 1.807) is 17.0 Å². The fraction of sp³-hybridized carbons (Fsp3) is 0.370. The number of ether oxygens (including phenoxy) is 3. The highest BCUT2D eigenvalue weighted by atomic mass is 32.2. The molecule has 0 atom stereocenters. The lowest BCUT2D eigenvalue weighted by molar-refractivity contribution is 0.0740. The molecule has 3 aromatic rings. The van der Waals surface area contributed by atoms with Crippen molar-refractivity contribution in [1.29, 1.82) is 0 Å². The normalized spacial score (nSPS) is 11.2. The number of rotatable bonds is 14. The molecule has 40 heavy (non-hydrogen) atoms. The Morgan fingerprint density at radius 3 is 2.27 bits per heavy atom. The summed E-state index contributed by atoms with van der Waals surface area (Å²) in [4.78, 5) is 33.0. The molecule has 0 saturated heterocycles. The second-order valence-electron chi connectivity index (χ2n) is 8.77. The summed E-state index contributed by atoms with van der Waals surface area (Å²) in [6.45, 7) is 2.40. The SMILES string of the molecule is CNS(=O)(=O)NC(=O)c1nc(CN(CCCc2ccccc2)C(=O)c2cc(OC)c(C)c(OC)c2)sc1COC. The van der Waals surface area contributed by atoms with Crippen molar-refractivity contribution in [2.45, 2.75) is 32.9 Å². The standard InChI is InChI=1S/C27H34N4O7S2/c1-18-21(37-4)14-20(15-22(18)38-5)27(33)31(13-9-12-19-10-7-6-8-11-19)16-24-29-25(23(39-24)17-36-3)26(32)30-40(34,35)28-2/h6-8,10-11,14-15,28H,9,12-13,16-17H2,1-5H3,(H,30,32). The maximum atomic E-state index is 13.8. The minimum atomic E-state index is -4.03. The summed E-state index contributed by atoms with van der Waals surface area (Å²) in [5.41, 5.74) is 2.23. The fourth-order valence-electron chi connectivity index (χ4n) is 4.02. The van der Waals surface area contributed by atoms with E-state index in [-0.39, 0.29) is 24.8 Å². The summed E-state index contributed by atoms with van der Waals surface area (Å²) in [7, 11) is 1.68. The van der Waals surface area contributed by atoms with Gasteiger partial charge in [-0.25, -0.2) is 14.4 Å². The molecule has 2 aromatic carbocycles. The summed E-state index contributed by atoms with van der Waals surface area (Å²) in [6, 6.07) is 13.3. The van der Waals surface area contributed by atoms with Crippen LogP contribution >= 0.6 is 11.3 Å². The first-order valence-electron chi connectivity index (χ1n) is 12.4. The lowest BCUT2D eigenvalue weighted by atomic mass is 10.1. The first-order chi connectivity index (χ1) is 19.1. The molecule has 0 aliphatic carbocycles. The number of amides is 2. The number of hydrogen-bond donors (Lipinski definition) is 2. The predicted octanol–water partition coefficient (Wildman–Crippen LogP) is 3.08. The number of nitrogens with one attached hydrogen (secondary N) is 2. The van der Waals surface area contributed by atoms with E-state index in [0.717, 1.165) is 17.5 Å². The van der Waals surface area contributed by atoms with Gasteiger partial charge in [0.05, 0.1) is 32.2 Å². The van der Waals surface area contributed by atoms with E-state index in [2.05, 4.69) is 4.98 Å². The molecule has 1 heterocycles. The zero-order valence-corrected chi connectivity index (χ0v) is 24.8. The topological polar surface area (TPSA) is 136 Å². The molecule has 2 N–H and O–H groups in total. The largest absolute Gasteiger partial charge is 0.496 e. The molecule has 13 heteroatoms. The molecular formula is C27H34N4O7S2. The van der Waals surface area contributed by atoms with Crippen LogP contribution in [0.15, 0.2) is 42.5 Å². The van der Waals surface area contributed by atoms with Crippen LogP contribution in [0.4, 0.5) is 0 Å². The zero-order chi connectivity index (χ0) is 29.3. The van der Waals surface area contributed by atoms with Crippen molar-refractivity contribution in [2.75, 3.05) is 34.9 Å². The van der Waals surface area contributed by atoms with E-state index in [1.165, 1.54) is 39.7 Å². The van der Waals surface area contributed by atoms with Crippen molar-refractivity contribution in [3.63, 3.8) is 0 Å². The van der Waals surface area contributed by atoms with Gasteiger partial charge in [-0.1, -0.05) is 30.3 Å². The number of methoxy groups -OCH3 is 3. The molecule has 0 fully saturated rings. The van der Waals surface area contributed by atoms with Gasteiger partial charge in [0.1, 0.15) is 22.2 Å². The Morgan fingerprint density at radius 1 is 1.05 bits per heavy atom. The average Bonchev–Trinajstić information content (AvgIpc) is 3.35. The minimum Gasteiger partial charge on any atom is -0.496 e. The predicted molar refractivity (Wildman–Crippen MR) is 152 cm³/mol. The molecule has 3 rings (SSSR count). The summed E-state index contributed by atoms with van der Waals surface area (Å²) in [6.07, 6.45) is 1.44. The number of aromatic nitrogens is 1. The maximum absolute atomic E-state index is 13.8. The van der Waals surface area contributed by atoms with E-state index in [0.29, 0.717) is 39.9 Å². The molecule has 2 amide bonds. The van der Waals surface area contributed by atoms with E-state index in [4.69, 9.17) is 14.2 Å². The van der Waals surface area contributed by atoms with Crippen LogP contribution in [0.25, 0.3) is 0 Å². The second-order valence-corrected chi connectivity index (χ2v) is 11.6. The molecule has 0 aliphatic heterocycles. The van der Waals surface area contributed by atoms with Gasteiger partial charge < -0.3 is 19.1 Å². The number of benzene rings is 2. The number of carbonyl (C=O) groups excluding carboxylic acids is 2. The number of carbonyl (C=O) groups is 2. The Hall–Kier alpha value is -3.52. The summed E-state index contributed by atoms with van der Waals surface area (Å²) in [5.74, 6) is -0.114. The Labute approximate surface area is 238 Å². The average molecular weight is 591 g/mol. The highest BCUT2D eigenvalue weighted by molar-refractivity contribution is 7.88. The van der Waals surface area contributed by atoms with Crippen molar-refractivity contribution in [2.24, 2.45) is 0 Å². The lowest BCUT2D eigenvalue weighted by Crippen LogP contribution is -2.38. The Balaban J connectivity index is 1.93. The molecule has 0 aliphatic rings. The van der Waals surface area contributed by atoms with Crippen LogP contribution in [0, 0.1) is 6.92 Å². The van der Waals surface area contributed by atoms with Gasteiger partial charge in [0.15, 0.2) is 0 Å². The molecule has 0 unspecified atom stereocenters. The number of nitrogens with zero attached hydrogens (tertiary/aromatic N) is 2. The molecule has 0 spiro atoms. The number of thiazole rings is 1. The molecule has 0 saturated carbocycles. The van der Waals surface area contributed by atoms with Crippen molar-refractivity contribution >= 4 is 33.4 Å². The highest BCUT2D eigenvalue weighted by Crippen LogP contribution is 2.31. The molecule has 1 aromatic heterocycles. The molecule has 216 valence electrons. The van der Waals surface area contributed by atoms with Crippen molar-refractivity contribution in [1.82, 2.24) is 19.3 Å². The second kappa shape index (κ2) is 14.2. The van der Waals surface area contributed by atoms with Gasteiger partial charge in [0.25, 0.3) is 11.8 Å². The van der Waals surface area contributed by atoms with Gasteiger partial charge in [0.2, 0.25) is 0 Å². The van der Waals surface area contributed by atoms with Crippen LogP contribution in [0.3, 0.4) is 0 Å².